The van der Waals surface area contributed by atoms with E-state index < -0.39 is 11.0 Å². The molecule has 0 saturated carbocycles. The Labute approximate surface area is 185 Å². The summed E-state index contributed by atoms with van der Waals surface area (Å²) in [6.07, 6.45) is 0.0778. The largest absolute Gasteiger partial charge is 0.497 e. The number of nitrogens with zero attached hydrogens (tertiary/aromatic N) is 2. The summed E-state index contributed by atoms with van der Waals surface area (Å²) in [5.41, 5.74) is 2.48. The van der Waals surface area contributed by atoms with Crippen LogP contribution in [0.25, 0.3) is 0 Å². The zero-order valence-corrected chi connectivity index (χ0v) is 17.9. The fraction of sp³-hybridized carbons (Fsp3) is 0.208. The van der Waals surface area contributed by atoms with E-state index in [1.807, 2.05) is 18.2 Å². The monoisotopic (exact) mass is 434 g/mol. The standard InChI is InChI=1S/C24H22N2O6/c1-30-17-10-8-15(9-11-17)24-18-14-22(32-3)21(31-2)12-16(18)13-23(27)25(24)19-6-4-5-7-20(19)26(28)29/h4-12,14,24H,13H2,1-3H3/t24-/m0/s1. The number of benzene rings is 3. The van der Waals surface area contributed by atoms with E-state index in [1.165, 1.54) is 18.1 Å². The molecule has 0 saturated heterocycles. The molecule has 0 N–H and O–H groups in total. The summed E-state index contributed by atoms with van der Waals surface area (Å²) in [7, 11) is 4.65. The highest BCUT2D eigenvalue weighted by atomic mass is 16.6. The summed E-state index contributed by atoms with van der Waals surface area (Å²) in [5.74, 6) is 1.45. The second kappa shape index (κ2) is 8.58. The Morgan fingerprint density at radius 1 is 0.938 bits per heavy atom. The van der Waals surface area contributed by atoms with Crippen molar-refractivity contribution in [2.24, 2.45) is 0 Å². The molecule has 0 fully saturated rings. The molecular formula is C24H22N2O6. The number of nitro groups is 1. The first-order valence-electron chi connectivity index (χ1n) is 9.92. The number of para-hydroxylation sites is 2. The smallest absolute Gasteiger partial charge is 0.292 e. The van der Waals surface area contributed by atoms with Crippen molar-refractivity contribution < 1.29 is 23.9 Å². The second-order valence-corrected chi connectivity index (χ2v) is 7.27. The first-order valence-corrected chi connectivity index (χ1v) is 9.92. The average molecular weight is 434 g/mol. The van der Waals surface area contributed by atoms with Crippen molar-refractivity contribution in [1.82, 2.24) is 0 Å². The number of hydrogen-bond donors (Lipinski definition) is 0. The van der Waals surface area contributed by atoms with Gasteiger partial charge in [0.05, 0.1) is 38.7 Å². The van der Waals surface area contributed by atoms with Crippen molar-refractivity contribution in [3.8, 4) is 17.2 Å². The van der Waals surface area contributed by atoms with E-state index in [2.05, 4.69) is 0 Å². The Balaban J connectivity index is 1.97. The first kappa shape index (κ1) is 21.2. The summed E-state index contributed by atoms with van der Waals surface area (Å²) in [6.45, 7) is 0. The number of nitro benzene ring substituents is 1. The minimum Gasteiger partial charge on any atom is -0.497 e. The van der Waals surface area contributed by atoms with E-state index in [0.717, 1.165) is 16.7 Å². The van der Waals surface area contributed by atoms with Gasteiger partial charge in [0.15, 0.2) is 11.5 Å². The van der Waals surface area contributed by atoms with Gasteiger partial charge in [0, 0.05) is 6.07 Å². The summed E-state index contributed by atoms with van der Waals surface area (Å²) < 4.78 is 16.2. The summed E-state index contributed by atoms with van der Waals surface area (Å²) in [5, 5.41) is 11.7. The number of anilines is 1. The van der Waals surface area contributed by atoms with Gasteiger partial charge in [-0.25, -0.2) is 0 Å². The third-order valence-electron chi connectivity index (χ3n) is 5.58. The maximum Gasteiger partial charge on any atom is 0.292 e. The number of rotatable bonds is 6. The van der Waals surface area contributed by atoms with Gasteiger partial charge in [-0.05, 0) is 47.0 Å². The predicted octanol–water partition coefficient (Wildman–Crippen LogP) is 4.30. The quantitative estimate of drug-likeness (QED) is 0.424. The van der Waals surface area contributed by atoms with Crippen molar-refractivity contribution in [2.75, 3.05) is 26.2 Å². The third kappa shape index (κ3) is 3.60. The van der Waals surface area contributed by atoms with Gasteiger partial charge in [-0.3, -0.25) is 19.8 Å². The van der Waals surface area contributed by atoms with Gasteiger partial charge >= 0.3 is 0 Å². The van der Waals surface area contributed by atoms with Crippen molar-refractivity contribution in [3.05, 3.63) is 87.5 Å². The van der Waals surface area contributed by atoms with Crippen LogP contribution < -0.4 is 19.1 Å². The number of amides is 1. The predicted molar refractivity (Wildman–Crippen MR) is 119 cm³/mol. The Hall–Kier alpha value is -4.07. The maximum absolute atomic E-state index is 13.4. The van der Waals surface area contributed by atoms with Crippen LogP contribution in [0.3, 0.4) is 0 Å². The number of carbonyl (C=O) groups is 1. The molecule has 0 unspecified atom stereocenters. The SMILES string of the molecule is COc1ccc([C@H]2c3cc(OC)c(OC)cc3CC(=O)N2c2ccccc2[N+](=O)[O-])cc1. The van der Waals surface area contributed by atoms with E-state index in [-0.39, 0.29) is 23.7 Å². The molecule has 1 heterocycles. The normalized spacial score (nSPS) is 15.2. The molecule has 4 rings (SSSR count). The second-order valence-electron chi connectivity index (χ2n) is 7.27. The van der Waals surface area contributed by atoms with Gasteiger partial charge in [0.2, 0.25) is 5.91 Å². The lowest BCUT2D eigenvalue weighted by Crippen LogP contribution is -2.41. The van der Waals surface area contributed by atoms with Crippen LogP contribution in [0.1, 0.15) is 22.7 Å². The molecule has 1 atom stereocenters. The van der Waals surface area contributed by atoms with Gasteiger partial charge in [-0.1, -0.05) is 24.3 Å². The van der Waals surface area contributed by atoms with Gasteiger partial charge in [-0.2, -0.15) is 0 Å². The van der Waals surface area contributed by atoms with Gasteiger partial charge in [0.1, 0.15) is 11.4 Å². The molecule has 1 aliphatic rings. The molecule has 0 bridgehead atoms. The zero-order valence-electron chi connectivity index (χ0n) is 17.9. The number of hydrogen-bond acceptors (Lipinski definition) is 6. The van der Waals surface area contributed by atoms with Crippen molar-refractivity contribution in [1.29, 1.82) is 0 Å². The van der Waals surface area contributed by atoms with E-state index in [4.69, 9.17) is 14.2 Å². The number of fused-ring (bicyclic) bond motifs is 1. The summed E-state index contributed by atoms with van der Waals surface area (Å²) in [4.78, 5) is 26.2. The lowest BCUT2D eigenvalue weighted by molar-refractivity contribution is -0.384. The van der Waals surface area contributed by atoms with Crippen LogP contribution in [0.5, 0.6) is 17.2 Å². The Morgan fingerprint density at radius 2 is 1.59 bits per heavy atom. The molecule has 1 amide bonds. The number of carbonyl (C=O) groups excluding carboxylic acids is 1. The highest BCUT2D eigenvalue weighted by Crippen LogP contribution is 2.45. The zero-order chi connectivity index (χ0) is 22.8. The van der Waals surface area contributed by atoms with Crippen LogP contribution in [0.2, 0.25) is 0 Å². The van der Waals surface area contributed by atoms with Crippen molar-refractivity contribution in [2.45, 2.75) is 12.5 Å². The molecule has 1 aliphatic heterocycles. The molecule has 0 aromatic heterocycles. The van der Waals surface area contributed by atoms with Crippen molar-refractivity contribution >= 4 is 17.3 Å². The molecule has 0 radical (unpaired) electrons. The van der Waals surface area contributed by atoms with Crippen molar-refractivity contribution in [3.63, 3.8) is 0 Å². The molecule has 3 aromatic rings. The van der Waals surface area contributed by atoms with Gasteiger partial charge in [-0.15, -0.1) is 0 Å². The van der Waals surface area contributed by atoms with Crippen LogP contribution in [-0.4, -0.2) is 32.2 Å². The van der Waals surface area contributed by atoms with Crippen LogP contribution in [0, 0.1) is 10.1 Å². The molecule has 3 aromatic carbocycles. The van der Waals surface area contributed by atoms with Gasteiger partial charge in [0.25, 0.3) is 5.69 Å². The van der Waals surface area contributed by atoms with E-state index in [9.17, 15) is 14.9 Å². The molecular weight excluding hydrogens is 412 g/mol. The molecule has 0 spiro atoms. The minimum absolute atomic E-state index is 0.0778. The molecule has 8 nitrogen and oxygen atoms in total. The molecule has 32 heavy (non-hydrogen) atoms. The van der Waals surface area contributed by atoms with Crippen LogP contribution in [0.15, 0.2) is 60.7 Å². The lowest BCUT2D eigenvalue weighted by Gasteiger charge is -2.37. The number of ether oxygens (including phenoxy) is 3. The highest BCUT2D eigenvalue weighted by molar-refractivity contribution is 6.00. The van der Waals surface area contributed by atoms with E-state index in [1.54, 1.807) is 50.6 Å². The fourth-order valence-electron chi connectivity index (χ4n) is 4.09. The molecule has 8 heteroatoms. The van der Waals surface area contributed by atoms with Crippen LogP contribution >= 0.6 is 0 Å². The summed E-state index contributed by atoms with van der Waals surface area (Å²) in [6, 6.07) is 16.6. The van der Waals surface area contributed by atoms with Crippen LogP contribution in [-0.2, 0) is 11.2 Å². The lowest BCUT2D eigenvalue weighted by atomic mass is 9.86. The highest BCUT2D eigenvalue weighted by Gasteiger charge is 2.38. The first-order chi connectivity index (χ1) is 15.5. The Kier molecular flexibility index (Phi) is 5.68. The minimum atomic E-state index is -0.599. The topological polar surface area (TPSA) is 91.1 Å². The number of methoxy groups -OCH3 is 3. The van der Waals surface area contributed by atoms with Gasteiger partial charge < -0.3 is 14.2 Å². The molecule has 0 aliphatic carbocycles. The van der Waals surface area contributed by atoms with Crippen LogP contribution in [0.4, 0.5) is 11.4 Å². The molecule has 164 valence electrons. The maximum atomic E-state index is 13.4. The Morgan fingerprint density at radius 3 is 2.22 bits per heavy atom. The third-order valence-corrected chi connectivity index (χ3v) is 5.58. The van der Waals surface area contributed by atoms with E-state index in [0.29, 0.717) is 17.2 Å². The van der Waals surface area contributed by atoms with E-state index >= 15 is 0 Å². The summed E-state index contributed by atoms with van der Waals surface area (Å²) >= 11 is 0. The Bertz CT molecular complexity index is 1180. The average Bonchev–Trinajstić information content (AvgIpc) is 2.82. The fourth-order valence-corrected chi connectivity index (χ4v) is 4.09.